The quantitative estimate of drug-likeness (QED) is 0.522. The summed E-state index contributed by atoms with van der Waals surface area (Å²) in [5, 5.41) is 2.70. The van der Waals surface area contributed by atoms with Crippen LogP contribution in [0.2, 0.25) is 0 Å². The van der Waals surface area contributed by atoms with E-state index >= 15 is 0 Å². The van der Waals surface area contributed by atoms with Crippen molar-refractivity contribution in [2.24, 2.45) is 0 Å². The monoisotopic (exact) mass is 422 g/mol. The molecule has 2 N–H and O–H groups in total. The van der Waals surface area contributed by atoms with Gasteiger partial charge in [0.1, 0.15) is 5.75 Å². The molecule has 6 nitrogen and oxygen atoms in total. The highest BCUT2D eigenvalue weighted by molar-refractivity contribution is 7.92. The Bertz CT molecular complexity index is 1110. The third-order valence-electron chi connectivity index (χ3n) is 4.08. The zero-order valence-corrected chi connectivity index (χ0v) is 17.2. The molecule has 7 heteroatoms. The second-order valence-electron chi connectivity index (χ2n) is 6.32. The van der Waals surface area contributed by atoms with Crippen LogP contribution >= 0.6 is 0 Å². The van der Waals surface area contributed by atoms with Crippen molar-refractivity contribution in [2.45, 2.75) is 11.8 Å². The number of carbonyl (C=O) groups excluding carboxylic acids is 1. The zero-order chi connectivity index (χ0) is 21.4. The lowest BCUT2D eigenvalue weighted by Gasteiger charge is -2.10. The number of anilines is 2. The third kappa shape index (κ3) is 5.96. The van der Waals surface area contributed by atoms with Gasteiger partial charge in [0.15, 0.2) is 0 Å². The van der Waals surface area contributed by atoms with E-state index < -0.39 is 10.0 Å². The van der Waals surface area contributed by atoms with Gasteiger partial charge in [-0.2, -0.15) is 0 Å². The molecule has 0 fully saturated rings. The van der Waals surface area contributed by atoms with Gasteiger partial charge in [0.05, 0.1) is 11.5 Å². The first-order valence-corrected chi connectivity index (χ1v) is 10.8. The number of ether oxygens (including phenoxy) is 1. The van der Waals surface area contributed by atoms with E-state index in [0.717, 1.165) is 5.56 Å². The molecule has 3 aromatic rings. The second-order valence-corrected chi connectivity index (χ2v) is 8.00. The molecular formula is C23H22N2O4S. The smallest absolute Gasteiger partial charge is 0.261 e. The minimum atomic E-state index is -3.75. The number of carbonyl (C=O) groups is 1. The van der Waals surface area contributed by atoms with Gasteiger partial charge < -0.3 is 10.1 Å². The van der Waals surface area contributed by atoms with Crippen molar-refractivity contribution in [3.8, 4) is 5.75 Å². The number of rotatable bonds is 8. The minimum absolute atomic E-state index is 0.0919. The van der Waals surface area contributed by atoms with Crippen LogP contribution in [0.1, 0.15) is 12.5 Å². The molecule has 0 aliphatic carbocycles. The maximum absolute atomic E-state index is 12.6. The molecule has 3 rings (SSSR count). The van der Waals surface area contributed by atoms with Crippen LogP contribution in [-0.4, -0.2) is 20.9 Å². The van der Waals surface area contributed by atoms with Crippen molar-refractivity contribution in [3.05, 3.63) is 90.5 Å². The summed E-state index contributed by atoms with van der Waals surface area (Å²) in [6, 6.07) is 22.1. The van der Waals surface area contributed by atoms with Crippen LogP contribution in [0, 0.1) is 0 Å². The number of benzene rings is 3. The lowest BCUT2D eigenvalue weighted by molar-refractivity contribution is -0.111. The van der Waals surface area contributed by atoms with Gasteiger partial charge in [0.2, 0.25) is 5.91 Å². The van der Waals surface area contributed by atoms with Gasteiger partial charge in [-0.3, -0.25) is 9.52 Å². The molecule has 0 aliphatic heterocycles. The summed E-state index contributed by atoms with van der Waals surface area (Å²) >= 11 is 0. The summed E-state index contributed by atoms with van der Waals surface area (Å²) in [6.07, 6.45) is 3.13. The molecule has 0 spiro atoms. The molecule has 0 saturated heterocycles. The van der Waals surface area contributed by atoms with Gasteiger partial charge in [0, 0.05) is 17.5 Å². The van der Waals surface area contributed by atoms with Crippen LogP contribution < -0.4 is 14.8 Å². The van der Waals surface area contributed by atoms with Crippen LogP contribution in [-0.2, 0) is 14.8 Å². The van der Waals surface area contributed by atoms with Crippen molar-refractivity contribution in [1.82, 2.24) is 0 Å². The summed E-state index contributed by atoms with van der Waals surface area (Å²) in [4.78, 5) is 12.1. The fraction of sp³-hybridized carbons (Fsp3) is 0.0870. The average molecular weight is 423 g/mol. The van der Waals surface area contributed by atoms with Crippen molar-refractivity contribution >= 4 is 33.4 Å². The molecular weight excluding hydrogens is 400 g/mol. The molecule has 0 atom stereocenters. The summed E-state index contributed by atoms with van der Waals surface area (Å²) in [5.41, 5.74) is 1.84. The van der Waals surface area contributed by atoms with Crippen molar-refractivity contribution < 1.29 is 17.9 Å². The minimum Gasteiger partial charge on any atom is -0.494 e. The zero-order valence-electron chi connectivity index (χ0n) is 16.4. The Balaban J connectivity index is 1.62. The van der Waals surface area contributed by atoms with E-state index in [2.05, 4.69) is 10.0 Å². The highest BCUT2D eigenvalue weighted by atomic mass is 32.2. The van der Waals surface area contributed by atoms with E-state index in [1.165, 1.54) is 18.2 Å². The topological polar surface area (TPSA) is 84.5 Å². The van der Waals surface area contributed by atoms with E-state index in [1.54, 1.807) is 42.5 Å². The Hall–Kier alpha value is -3.58. The highest BCUT2D eigenvalue weighted by Crippen LogP contribution is 2.21. The van der Waals surface area contributed by atoms with E-state index in [0.29, 0.717) is 23.7 Å². The molecule has 30 heavy (non-hydrogen) atoms. The summed E-state index contributed by atoms with van der Waals surface area (Å²) in [5.74, 6) is 0.365. The van der Waals surface area contributed by atoms with E-state index in [1.807, 2.05) is 37.3 Å². The third-order valence-corrected chi connectivity index (χ3v) is 5.47. The average Bonchev–Trinajstić information content (AvgIpc) is 2.75. The highest BCUT2D eigenvalue weighted by Gasteiger charge is 2.14. The van der Waals surface area contributed by atoms with Gasteiger partial charge in [-0.1, -0.05) is 30.3 Å². The number of nitrogens with one attached hydrogen (secondary N) is 2. The van der Waals surface area contributed by atoms with E-state index in [9.17, 15) is 13.2 Å². The van der Waals surface area contributed by atoms with Crippen LogP contribution in [0.15, 0.2) is 89.8 Å². The maximum atomic E-state index is 12.6. The maximum Gasteiger partial charge on any atom is 0.261 e. The number of amides is 1. The normalized spacial score (nSPS) is 11.2. The van der Waals surface area contributed by atoms with E-state index in [-0.39, 0.29) is 10.8 Å². The first-order chi connectivity index (χ1) is 14.5. The molecule has 0 bridgehead atoms. The second kappa shape index (κ2) is 9.76. The van der Waals surface area contributed by atoms with Gasteiger partial charge in [-0.05, 0) is 67.1 Å². The Labute approximate surface area is 176 Å². The standard InChI is InChI=1S/C23H22N2O4S/c1-2-29-21-13-9-20(10-14-21)25-30(27,28)22-15-11-19(12-16-22)24-23(26)17-8-18-6-4-3-5-7-18/h3-17,25H,2H2,1H3,(H,24,26)/b17-8+. The summed E-state index contributed by atoms with van der Waals surface area (Å²) in [7, 11) is -3.75. The molecule has 0 radical (unpaired) electrons. The Morgan fingerprint density at radius 3 is 2.17 bits per heavy atom. The van der Waals surface area contributed by atoms with Gasteiger partial charge in [-0.15, -0.1) is 0 Å². The first-order valence-electron chi connectivity index (χ1n) is 9.36. The predicted octanol–water partition coefficient (Wildman–Crippen LogP) is 4.54. The number of hydrogen-bond donors (Lipinski definition) is 2. The lowest BCUT2D eigenvalue weighted by atomic mass is 10.2. The van der Waals surface area contributed by atoms with Crippen LogP contribution in [0.5, 0.6) is 5.75 Å². The SMILES string of the molecule is CCOc1ccc(NS(=O)(=O)c2ccc(NC(=O)/C=C/c3ccccc3)cc2)cc1. The van der Waals surface area contributed by atoms with Crippen LogP contribution in [0.25, 0.3) is 6.08 Å². The molecule has 1 amide bonds. The first kappa shape index (κ1) is 21.1. The fourth-order valence-electron chi connectivity index (χ4n) is 2.64. The lowest BCUT2D eigenvalue weighted by Crippen LogP contribution is -2.13. The fourth-order valence-corrected chi connectivity index (χ4v) is 3.70. The van der Waals surface area contributed by atoms with Crippen molar-refractivity contribution in [2.75, 3.05) is 16.6 Å². The van der Waals surface area contributed by atoms with Gasteiger partial charge in [0.25, 0.3) is 10.0 Å². The summed E-state index contributed by atoms with van der Waals surface area (Å²) < 4.78 is 33.0. The molecule has 0 heterocycles. The molecule has 0 aliphatic rings. The van der Waals surface area contributed by atoms with Crippen molar-refractivity contribution in [1.29, 1.82) is 0 Å². The predicted molar refractivity (Wildman–Crippen MR) is 119 cm³/mol. The van der Waals surface area contributed by atoms with E-state index in [4.69, 9.17) is 4.74 Å². The van der Waals surface area contributed by atoms with Gasteiger partial charge in [-0.25, -0.2) is 8.42 Å². The van der Waals surface area contributed by atoms with Crippen LogP contribution in [0.4, 0.5) is 11.4 Å². The van der Waals surface area contributed by atoms with Crippen LogP contribution in [0.3, 0.4) is 0 Å². The molecule has 0 saturated carbocycles. The Morgan fingerprint density at radius 1 is 0.900 bits per heavy atom. The molecule has 154 valence electrons. The van der Waals surface area contributed by atoms with Gasteiger partial charge >= 0.3 is 0 Å². The summed E-state index contributed by atoms with van der Waals surface area (Å²) in [6.45, 7) is 2.41. The number of sulfonamides is 1. The van der Waals surface area contributed by atoms with Crippen molar-refractivity contribution in [3.63, 3.8) is 0 Å². The molecule has 3 aromatic carbocycles. The largest absolute Gasteiger partial charge is 0.494 e. The molecule has 0 unspecified atom stereocenters. The molecule has 0 aromatic heterocycles. The Morgan fingerprint density at radius 2 is 1.53 bits per heavy atom. The Kier molecular flexibility index (Phi) is 6.87. The number of hydrogen-bond acceptors (Lipinski definition) is 4.